The number of carbonyl (C=O) groups excluding carboxylic acids is 2. The maximum Gasteiger partial charge on any atom is 0.226 e. The minimum Gasteiger partial charge on any atom is -0.387 e. The van der Waals surface area contributed by atoms with E-state index in [-0.39, 0.29) is 23.2 Å². The van der Waals surface area contributed by atoms with E-state index in [0.29, 0.717) is 23.6 Å². The van der Waals surface area contributed by atoms with Crippen molar-refractivity contribution in [3.05, 3.63) is 42.4 Å². The van der Waals surface area contributed by atoms with Gasteiger partial charge in [0.2, 0.25) is 11.8 Å². The number of aliphatic imine (C=N–C) groups is 1. The summed E-state index contributed by atoms with van der Waals surface area (Å²) < 4.78 is 0. The number of likely N-dealkylation sites (tertiary alicyclic amines) is 2. The summed E-state index contributed by atoms with van der Waals surface area (Å²) >= 11 is 0. The van der Waals surface area contributed by atoms with Crippen LogP contribution in [0.25, 0.3) is 0 Å². The molecular weight excluding hydrogens is 452 g/mol. The molecule has 3 fully saturated rings. The van der Waals surface area contributed by atoms with E-state index in [1.54, 1.807) is 4.90 Å². The van der Waals surface area contributed by atoms with Crippen molar-refractivity contribution in [2.24, 2.45) is 34.4 Å². The van der Waals surface area contributed by atoms with E-state index in [4.69, 9.17) is 5.73 Å². The van der Waals surface area contributed by atoms with Gasteiger partial charge in [-0.15, -0.1) is 0 Å². The molecule has 0 radical (unpaired) electrons. The van der Waals surface area contributed by atoms with Crippen molar-refractivity contribution in [3.8, 4) is 0 Å². The van der Waals surface area contributed by atoms with E-state index in [1.807, 2.05) is 38.6 Å². The van der Waals surface area contributed by atoms with Gasteiger partial charge in [-0.2, -0.15) is 0 Å². The summed E-state index contributed by atoms with van der Waals surface area (Å²) in [5, 5.41) is 0. The number of hydrogen-bond acceptors (Lipinski definition) is 6. The molecule has 0 spiro atoms. The zero-order valence-electron chi connectivity index (χ0n) is 21.7. The molecule has 8 nitrogen and oxygen atoms in total. The van der Waals surface area contributed by atoms with Gasteiger partial charge in [-0.1, -0.05) is 12.1 Å². The quantitative estimate of drug-likeness (QED) is 0.657. The summed E-state index contributed by atoms with van der Waals surface area (Å²) in [6, 6.07) is 6.04. The molecule has 1 unspecified atom stereocenters. The van der Waals surface area contributed by atoms with Crippen molar-refractivity contribution in [1.82, 2.24) is 19.7 Å². The fraction of sp³-hybridized carbons (Fsp3) is 0.643. The van der Waals surface area contributed by atoms with Crippen LogP contribution in [0.4, 0.5) is 0 Å². The van der Waals surface area contributed by atoms with Crippen LogP contribution in [0.2, 0.25) is 0 Å². The zero-order valence-corrected chi connectivity index (χ0v) is 21.7. The van der Waals surface area contributed by atoms with Crippen LogP contribution in [0.1, 0.15) is 44.2 Å². The molecule has 1 aromatic heterocycles. The number of aromatic nitrogens is 1. The largest absolute Gasteiger partial charge is 0.387 e. The van der Waals surface area contributed by atoms with Gasteiger partial charge >= 0.3 is 0 Å². The van der Waals surface area contributed by atoms with Crippen molar-refractivity contribution in [1.29, 1.82) is 0 Å². The van der Waals surface area contributed by atoms with Gasteiger partial charge < -0.3 is 20.4 Å². The van der Waals surface area contributed by atoms with Crippen LogP contribution >= 0.6 is 0 Å². The lowest BCUT2D eigenvalue weighted by Crippen LogP contribution is -2.47. The number of nitrogens with two attached hydrogens (primary N) is 1. The molecule has 8 heteroatoms. The zero-order chi connectivity index (χ0) is 25.3. The molecule has 3 aliphatic heterocycles. The van der Waals surface area contributed by atoms with Crippen molar-refractivity contribution < 1.29 is 9.59 Å². The van der Waals surface area contributed by atoms with Crippen molar-refractivity contribution >= 4 is 17.6 Å². The van der Waals surface area contributed by atoms with Gasteiger partial charge in [-0.25, -0.2) is 4.99 Å². The Hall–Kier alpha value is -2.74. The monoisotopic (exact) mass is 492 g/mol. The van der Waals surface area contributed by atoms with Crippen molar-refractivity contribution in [3.63, 3.8) is 0 Å². The molecule has 2 N–H and O–H groups in total. The Bertz CT molecular complexity index is 1010. The van der Waals surface area contributed by atoms with Gasteiger partial charge in [0.15, 0.2) is 0 Å². The lowest BCUT2D eigenvalue weighted by Gasteiger charge is -2.40. The minimum atomic E-state index is -0.176. The SMILES string of the molecule is CN(C)C(=O)[C@@H]1C[C@@]1(c1ccccn1)C1CCN(C(=O)C2CCN(CC3C=CN=C(N)C3)CC2)CC1. The fourth-order valence-electron chi connectivity index (χ4n) is 6.82. The third kappa shape index (κ3) is 4.92. The van der Waals surface area contributed by atoms with E-state index >= 15 is 0 Å². The summed E-state index contributed by atoms with van der Waals surface area (Å²) in [4.78, 5) is 41.4. The summed E-state index contributed by atoms with van der Waals surface area (Å²) in [5.74, 6) is 2.16. The molecule has 3 atom stereocenters. The standard InChI is InChI=1S/C28H40N6O2/c1-32(2)27(36)23-18-28(23,24-5-3-4-11-30-24)22-9-15-34(16-10-22)26(35)21-7-13-33(14-8-21)19-20-6-12-31-25(29)17-20/h3-6,11-12,20-23H,7-10,13-19H2,1-2H3,(H2,29,31)/t20?,23-,28+/m0/s1. The second-order valence-electron chi connectivity index (χ2n) is 11.3. The Morgan fingerprint density at radius 2 is 1.86 bits per heavy atom. The normalized spacial score (nSPS) is 29.6. The Balaban J connectivity index is 1.15. The van der Waals surface area contributed by atoms with Gasteiger partial charge in [0.25, 0.3) is 0 Å². The van der Waals surface area contributed by atoms with Gasteiger partial charge in [-0.3, -0.25) is 14.6 Å². The molecule has 36 heavy (non-hydrogen) atoms. The topological polar surface area (TPSA) is 95.1 Å². The Labute approximate surface area is 214 Å². The molecule has 2 saturated heterocycles. The first kappa shape index (κ1) is 24.9. The lowest BCUT2D eigenvalue weighted by molar-refractivity contribution is -0.139. The van der Waals surface area contributed by atoms with E-state index in [1.165, 1.54) is 0 Å². The first-order valence-electron chi connectivity index (χ1n) is 13.5. The highest BCUT2D eigenvalue weighted by Gasteiger charge is 2.64. The van der Waals surface area contributed by atoms with Crippen molar-refractivity contribution in [2.75, 3.05) is 46.8 Å². The number of amides is 2. The fourth-order valence-corrected chi connectivity index (χ4v) is 6.82. The Morgan fingerprint density at radius 3 is 2.50 bits per heavy atom. The Morgan fingerprint density at radius 1 is 1.11 bits per heavy atom. The first-order valence-corrected chi connectivity index (χ1v) is 13.5. The van der Waals surface area contributed by atoms with E-state index in [2.05, 4.69) is 31.9 Å². The van der Waals surface area contributed by atoms with Crippen LogP contribution in [-0.2, 0) is 15.0 Å². The molecule has 1 saturated carbocycles. The number of carbonyl (C=O) groups is 2. The van der Waals surface area contributed by atoms with Gasteiger partial charge in [-0.05, 0) is 69.2 Å². The highest BCUT2D eigenvalue weighted by Crippen LogP contribution is 2.61. The molecule has 4 heterocycles. The van der Waals surface area contributed by atoms with E-state index in [9.17, 15) is 9.59 Å². The molecule has 4 aliphatic rings. The second kappa shape index (κ2) is 10.3. The molecule has 1 aromatic rings. The summed E-state index contributed by atoms with van der Waals surface area (Å²) in [5.41, 5.74) is 6.76. The summed E-state index contributed by atoms with van der Waals surface area (Å²) in [6.07, 6.45) is 11.2. The number of hydrogen-bond donors (Lipinski definition) is 1. The molecule has 2 amide bonds. The van der Waals surface area contributed by atoms with Gasteiger partial charge in [0, 0.05) is 69.6 Å². The van der Waals surface area contributed by atoms with Crippen LogP contribution < -0.4 is 5.73 Å². The van der Waals surface area contributed by atoms with Crippen molar-refractivity contribution in [2.45, 2.75) is 43.9 Å². The van der Waals surface area contributed by atoms with Gasteiger partial charge in [0.05, 0.1) is 11.8 Å². The second-order valence-corrected chi connectivity index (χ2v) is 11.3. The van der Waals surface area contributed by atoms with Crippen LogP contribution in [0.15, 0.2) is 41.7 Å². The Kier molecular flexibility index (Phi) is 7.15. The number of nitrogens with zero attached hydrogens (tertiary/aromatic N) is 5. The maximum absolute atomic E-state index is 13.4. The highest BCUT2D eigenvalue weighted by molar-refractivity contribution is 5.84. The molecule has 5 rings (SSSR count). The first-order chi connectivity index (χ1) is 17.4. The van der Waals surface area contributed by atoms with Crippen LogP contribution in [0.3, 0.4) is 0 Å². The number of amidine groups is 1. The summed E-state index contributed by atoms with van der Waals surface area (Å²) in [7, 11) is 3.68. The smallest absolute Gasteiger partial charge is 0.226 e. The van der Waals surface area contributed by atoms with Crippen LogP contribution in [0, 0.1) is 23.7 Å². The molecule has 1 aliphatic carbocycles. The maximum atomic E-state index is 13.4. The van der Waals surface area contributed by atoms with Crippen LogP contribution in [0.5, 0.6) is 0 Å². The molecule has 194 valence electrons. The predicted octanol–water partition coefficient (Wildman–Crippen LogP) is 2.27. The average Bonchev–Trinajstić information content (AvgIpc) is 3.66. The predicted molar refractivity (Wildman–Crippen MR) is 140 cm³/mol. The average molecular weight is 493 g/mol. The number of piperidine rings is 2. The molecule has 0 aromatic carbocycles. The third-order valence-corrected chi connectivity index (χ3v) is 8.92. The third-order valence-electron chi connectivity index (χ3n) is 8.92. The molecule has 0 bridgehead atoms. The summed E-state index contributed by atoms with van der Waals surface area (Å²) in [6.45, 7) is 4.48. The highest BCUT2D eigenvalue weighted by atomic mass is 16.2. The lowest BCUT2D eigenvalue weighted by atomic mass is 9.77. The van der Waals surface area contributed by atoms with E-state index in [0.717, 1.165) is 76.9 Å². The number of rotatable bonds is 6. The van der Waals surface area contributed by atoms with Crippen LogP contribution in [-0.4, -0.2) is 84.2 Å². The van der Waals surface area contributed by atoms with E-state index < -0.39 is 0 Å². The molecular formula is C28H40N6O2. The number of pyridine rings is 1. The van der Waals surface area contributed by atoms with Gasteiger partial charge in [0.1, 0.15) is 0 Å². The minimum absolute atomic E-state index is 0.000361.